The summed E-state index contributed by atoms with van der Waals surface area (Å²) in [6, 6.07) is 16.7. The molecule has 2 amide bonds. The van der Waals surface area contributed by atoms with E-state index in [4.69, 9.17) is 0 Å². The number of anilines is 1. The highest BCUT2D eigenvalue weighted by Gasteiger charge is 2.42. The van der Waals surface area contributed by atoms with Crippen molar-refractivity contribution < 1.29 is 9.59 Å². The molecule has 0 bridgehead atoms. The fraction of sp³-hybridized carbons (Fsp3) is 0.273. The molecule has 0 radical (unpaired) electrons. The zero-order valence-corrected chi connectivity index (χ0v) is 16.7. The number of hydrogen-bond acceptors (Lipinski definition) is 5. The number of nitrogens with one attached hydrogen (secondary N) is 1. The van der Waals surface area contributed by atoms with Gasteiger partial charge in [-0.1, -0.05) is 59.9 Å². The number of hydrogen-bond donors (Lipinski definition) is 1. The average molecular weight is 404 g/mol. The highest BCUT2D eigenvalue weighted by Crippen LogP contribution is 2.44. The third kappa shape index (κ3) is 3.21. The van der Waals surface area contributed by atoms with Crippen LogP contribution in [0.1, 0.15) is 57.2 Å². The van der Waals surface area contributed by atoms with Gasteiger partial charge in [-0.3, -0.25) is 14.9 Å². The number of benzene rings is 2. The van der Waals surface area contributed by atoms with Crippen molar-refractivity contribution in [3.05, 3.63) is 76.3 Å². The Morgan fingerprint density at radius 3 is 2.55 bits per heavy atom. The van der Waals surface area contributed by atoms with E-state index in [1.165, 1.54) is 11.3 Å². The summed E-state index contributed by atoms with van der Waals surface area (Å²) in [5.74, 6) is -0.298. The Bertz CT molecular complexity index is 1080. The van der Waals surface area contributed by atoms with Gasteiger partial charge in [-0.25, -0.2) is 0 Å². The quantitative estimate of drug-likeness (QED) is 0.714. The summed E-state index contributed by atoms with van der Waals surface area (Å²) in [5, 5.41) is 12.8. The van der Waals surface area contributed by atoms with E-state index in [0.29, 0.717) is 16.6 Å². The van der Waals surface area contributed by atoms with Crippen LogP contribution in [0, 0.1) is 0 Å². The summed E-state index contributed by atoms with van der Waals surface area (Å²) in [4.78, 5) is 28.1. The first-order valence-electron chi connectivity index (χ1n) is 9.69. The van der Waals surface area contributed by atoms with Crippen molar-refractivity contribution in [3.8, 4) is 0 Å². The van der Waals surface area contributed by atoms with Gasteiger partial charge in [0, 0.05) is 18.5 Å². The van der Waals surface area contributed by atoms with Crippen LogP contribution < -0.4 is 5.32 Å². The zero-order chi connectivity index (χ0) is 20.0. The topological polar surface area (TPSA) is 75.2 Å². The van der Waals surface area contributed by atoms with Crippen molar-refractivity contribution in [2.45, 2.75) is 30.7 Å². The van der Waals surface area contributed by atoms with Gasteiger partial charge in [-0.2, -0.15) is 0 Å². The predicted octanol–water partition coefficient (Wildman–Crippen LogP) is 3.96. The first-order valence-corrected chi connectivity index (χ1v) is 10.5. The Kier molecular flexibility index (Phi) is 4.39. The van der Waals surface area contributed by atoms with Crippen LogP contribution in [0.25, 0.3) is 0 Å². The van der Waals surface area contributed by atoms with Crippen LogP contribution in [0.15, 0.2) is 54.6 Å². The fourth-order valence-corrected chi connectivity index (χ4v) is 4.90. The molecule has 1 saturated carbocycles. The minimum absolute atomic E-state index is 0.0783. The summed E-state index contributed by atoms with van der Waals surface area (Å²) in [5.41, 5.74) is 2.24. The van der Waals surface area contributed by atoms with Crippen molar-refractivity contribution in [1.29, 1.82) is 0 Å². The van der Waals surface area contributed by atoms with Crippen molar-refractivity contribution in [2.75, 3.05) is 12.4 Å². The molecule has 1 aliphatic heterocycles. The molecular weight excluding hydrogens is 384 g/mol. The molecule has 0 saturated heterocycles. The maximum Gasteiger partial charge on any atom is 0.254 e. The van der Waals surface area contributed by atoms with Crippen LogP contribution in [0.2, 0.25) is 0 Å². The van der Waals surface area contributed by atoms with Crippen molar-refractivity contribution in [3.63, 3.8) is 0 Å². The van der Waals surface area contributed by atoms with Gasteiger partial charge < -0.3 is 4.90 Å². The molecule has 2 aromatic carbocycles. The molecule has 5 rings (SSSR count). The second-order valence-corrected chi connectivity index (χ2v) is 8.55. The Hall–Kier alpha value is -3.06. The molecular formula is C22H20N4O2S. The number of aromatic nitrogens is 2. The number of carbonyl (C=O) groups excluding carboxylic acids is 2. The Morgan fingerprint density at radius 2 is 1.79 bits per heavy atom. The van der Waals surface area contributed by atoms with E-state index >= 15 is 0 Å². The zero-order valence-electron chi connectivity index (χ0n) is 15.9. The number of nitrogens with zero attached hydrogens (tertiary/aromatic N) is 3. The molecule has 1 N–H and O–H groups in total. The number of likely N-dealkylation sites (N-methyl/N-ethyl adjacent to an activating group) is 1. The first-order chi connectivity index (χ1) is 14.1. The minimum Gasteiger partial charge on any atom is -0.334 e. The van der Waals surface area contributed by atoms with E-state index in [0.717, 1.165) is 29.0 Å². The van der Waals surface area contributed by atoms with Crippen molar-refractivity contribution in [1.82, 2.24) is 15.1 Å². The van der Waals surface area contributed by atoms with Gasteiger partial charge in [-0.05, 0) is 30.0 Å². The Morgan fingerprint density at radius 1 is 1.07 bits per heavy atom. The second kappa shape index (κ2) is 7.08. The van der Waals surface area contributed by atoms with E-state index in [1.807, 2.05) is 48.5 Å². The van der Waals surface area contributed by atoms with E-state index in [1.54, 1.807) is 18.0 Å². The van der Waals surface area contributed by atoms with Gasteiger partial charge in [0.15, 0.2) is 0 Å². The molecule has 0 spiro atoms. The van der Waals surface area contributed by atoms with E-state index in [-0.39, 0.29) is 11.8 Å². The molecule has 2 atom stereocenters. The maximum absolute atomic E-state index is 13.5. The van der Waals surface area contributed by atoms with Crippen LogP contribution in [0.3, 0.4) is 0 Å². The summed E-state index contributed by atoms with van der Waals surface area (Å²) >= 11 is 1.44. The standard InChI is InChI=1S/C22H20N4O2S/c1-26-18(13-7-3-2-4-8-13)17(15-9-5-6-10-16(15)21(26)28)19(27)23-22-25-24-20(29-22)14-11-12-14/h2-10,14,17-18H,11-12H2,1H3,(H,23,25,27)/t17-,18+/m1/s1. The molecule has 29 heavy (non-hydrogen) atoms. The molecule has 7 heteroatoms. The molecule has 1 aliphatic carbocycles. The molecule has 6 nitrogen and oxygen atoms in total. The monoisotopic (exact) mass is 404 g/mol. The van der Waals surface area contributed by atoms with Crippen LogP contribution in [0.4, 0.5) is 5.13 Å². The summed E-state index contributed by atoms with van der Waals surface area (Å²) in [6.45, 7) is 0. The average Bonchev–Trinajstić information content (AvgIpc) is 3.50. The lowest BCUT2D eigenvalue weighted by Crippen LogP contribution is -2.44. The van der Waals surface area contributed by atoms with E-state index in [2.05, 4.69) is 15.5 Å². The van der Waals surface area contributed by atoms with Crippen LogP contribution in [-0.2, 0) is 4.79 Å². The largest absolute Gasteiger partial charge is 0.334 e. The summed E-state index contributed by atoms with van der Waals surface area (Å²) in [6.07, 6.45) is 2.28. The van der Waals surface area contributed by atoms with Gasteiger partial charge in [0.25, 0.3) is 5.91 Å². The number of carbonyl (C=O) groups is 2. The molecule has 146 valence electrons. The smallest absolute Gasteiger partial charge is 0.254 e. The predicted molar refractivity (Wildman–Crippen MR) is 111 cm³/mol. The molecule has 3 aromatic rings. The van der Waals surface area contributed by atoms with E-state index in [9.17, 15) is 9.59 Å². The highest BCUT2D eigenvalue weighted by atomic mass is 32.1. The second-order valence-electron chi connectivity index (χ2n) is 7.55. The molecule has 0 unspecified atom stereocenters. The Labute approximate surface area is 172 Å². The van der Waals surface area contributed by atoms with Crippen LogP contribution in [0.5, 0.6) is 0 Å². The van der Waals surface area contributed by atoms with Gasteiger partial charge in [0.2, 0.25) is 11.0 Å². The van der Waals surface area contributed by atoms with Gasteiger partial charge in [-0.15, -0.1) is 10.2 Å². The van der Waals surface area contributed by atoms with E-state index < -0.39 is 12.0 Å². The number of amides is 2. The van der Waals surface area contributed by atoms with Gasteiger partial charge in [0.1, 0.15) is 5.01 Å². The summed E-state index contributed by atoms with van der Waals surface area (Å²) in [7, 11) is 1.76. The molecule has 2 heterocycles. The molecule has 2 aliphatic rings. The number of fused-ring (bicyclic) bond motifs is 1. The minimum atomic E-state index is -0.537. The fourth-order valence-electron chi connectivity index (χ4n) is 3.99. The lowest BCUT2D eigenvalue weighted by Gasteiger charge is -2.39. The van der Waals surface area contributed by atoms with Crippen molar-refractivity contribution >= 4 is 28.3 Å². The lowest BCUT2D eigenvalue weighted by atomic mass is 9.79. The first kappa shape index (κ1) is 18.0. The number of rotatable bonds is 4. The third-order valence-electron chi connectivity index (χ3n) is 5.60. The normalized spacial score (nSPS) is 21.0. The van der Waals surface area contributed by atoms with Crippen LogP contribution >= 0.6 is 11.3 Å². The SMILES string of the molecule is CN1C(=O)c2ccccc2[C@@H](C(=O)Nc2nnc(C3CC3)s2)[C@@H]1c1ccccc1. The Balaban J connectivity index is 1.54. The summed E-state index contributed by atoms with van der Waals surface area (Å²) < 4.78 is 0. The molecule has 1 fully saturated rings. The highest BCUT2D eigenvalue weighted by molar-refractivity contribution is 7.15. The maximum atomic E-state index is 13.5. The van der Waals surface area contributed by atoms with Gasteiger partial charge >= 0.3 is 0 Å². The third-order valence-corrected chi connectivity index (χ3v) is 6.60. The lowest BCUT2D eigenvalue weighted by molar-refractivity contribution is -0.119. The van der Waals surface area contributed by atoms with Crippen LogP contribution in [-0.4, -0.2) is 34.0 Å². The van der Waals surface area contributed by atoms with Crippen molar-refractivity contribution in [2.24, 2.45) is 0 Å². The molecule has 1 aromatic heterocycles. The van der Waals surface area contributed by atoms with Gasteiger partial charge in [0.05, 0.1) is 12.0 Å².